The van der Waals surface area contributed by atoms with Gasteiger partial charge in [-0.1, -0.05) is 20.8 Å². The van der Waals surface area contributed by atoms with Gasteiger partial charge in [0.05, 0.1) is 24.7 Å². The SMILES string of the molecule is CC(C)(C)SCC(=O)Nc1nc(CN2CCOCC2)cs1. The van der Waals surface area contributed by atoms with Crippen LogP contribution in [0.4, 0.5) is 5.13 Å². The molecule has 2 rings (SSSR count). The summed E-state index contributed by atoms with van der Waals surface area (Å²) in [6.45, 7) is 10.6. The number of thioether (sulfide) groups is 1. The Bertz CT molecular complexity index is 465. The van der Waals surface area contributed by atoms with Gasteiger partial charge in [0.15, 0.2) is 5.13 Å². The normalized spacial score (nSPS) is 16.9. The predicted molar refractivity (Wildman–Crippen MR) is 89.1 cm³/mol. The summed E-state index contributed by atoms with van der Waals surface area (Å²) in [5.74, 6) is 0.476. The Kier molecular flexibility index (Phi) is 6.04. The lowest BCUT2D eigenvalue weighted by atomic mass is 10.3. The Morgan fingerprint density at radius 2 is 2.19 bits per heavy atom. The fourth-order valence-electron chi connectivity index (χ4n) is 1.86. The fraction of sp³-hybridized carbons (Fsp3) is 0.714. The molecule has 0 bridgehead atoms. The van der Waals surface area contributed by atoms with E-state index in [1.54, 1.807) is 11.8 Å². The zero-order valence-electron chi connectivity index (χ0n) is 12.8. The summed E-state index contributed by atoms with van der Waals surface area (Å²) in [6.07, 6.45) is 0. The van der Waals surface area contributed by atoms with E-state index in [0.717, 1.165) is 38.5 Å². The third-order valence-corrected chi connectivity index (χ3v) is 5.00. The number of nitrogens with zero attached hydrogens (tertiary/aromatic N) is 2. The molecule has 5 nitrogen and oxygen atoms in total. The summed E-state index contributed by atoms with van der Waals surface area (Å²) in [6, 6.07) is 0. The number of morpholine rings is 1. The number of carbonyl (C=O) groups is 1. The van der Waals surface area contributed by atoms with Crippen LogP contribution >= 0.6 is 23.1 Å². The molecule has 1 aromatic rings. The van der Waals surface area contributed by atoms with E-state index in [1.807, 2.05) is 5.38 Å². The molecule has 0 radical (unpaired) electrons. The Morgan fingerprint density at radius 1 is 1.48 bits per heavy atom. The Hall–Kier alpha value is -0.630. The van der Waals surface area contributed by atoms with Crippen LogP contribution < -0.4 is 5.32 Å². The maximum absolute atomic E-state index is 11.9. The van der Waals surface area contributed by atoms with Gasteiger partial charge in [-0.25, -0.2) is 4.98 Å². The molecule has 0 spiro atoms. The average molecular weight is 329 g/mol. The van der Waals surface area contributed by atoms with Crippen molar-refractivity contribution in [3.63, 3.8) is 0 Å². The number of rotatable bonds is 5. The number of carbonyl (C=O) groups excluding carboxylic acids is 1. The summed E-state index contributed by atoms with van der Waals surface area (Å²) >= 11 is 3.13. The summed E-state index contributed by atoms with van der Waals surface area (Å²) in [4.78, 5) is 18.7. The molecule has 0 aromatic carbocycles. The number of aromatic nitrogens is 1. The average Bonchev–Trinajstić information content (AvgIpc) is 2.84. The van der Waals surface area contributed by atoms with Crippen molar-refractivity contribution in [2.24, 2.45) is 0 Å². The molecule has 0 aliphatic carbocycles. The largest absolute Gasteiger partial charge is 0.379 e. The molecule has 1 N–H and O–H groups in total. The van der Waals surface area contributed by atoms with Crippen molar-refractivity contribution in [3.8, 4) is 0 Å². The van der Waals surface area contributed by atoms with Crippen LogP contribution in [0.25, 0.3) is 0 Å². The number of nitrogens with one attached hydrogen (secondary N) is 1. The molecule has 1 fully saturated rings. The fourth-order valence-corrected chi connectivity index (χ4v) is 3.22. The van der Waals surface area contributed by atoms with Gasteiger partial charge in [0, 0.05) is 29.8 Å². The van der Waals surface area contributed by atoms with Crippen LogP contribution in [0.3, 0.4) is 0 Å². The molecule has 0 unspecified atom stereocenters. The highest BCUT2D eigenvalue weighted by molar-refractivity contribution is 8.01. The molecule has 21 heavy (non-hydrogen) atoms. The number of ether oxygens (including phenoxy) is 1. The lowest BCUT2D eigenvalue weighted by molar-refractivity contribution is -0.113. The smallest absolute Gasteiger partial charge is 0.236 e. The topological polar surface area (TPSA) is 54.5 Å². The Balaban J connectivity index is 1.78. The van der Waals surface area contributed by atoms with E-state index >= 15 is 0 Å². The molecule has 1 aliphatic rings. The summed E-state index contributed by atoms with van der Waals surface area (Å²) < 4.78 is 5.43. The predicted octanol–water partition coefficient (Wildman–Crippen LogP) is 2.45. The van der Waals surface area contributed by atoms with Gasteiger partial charge in [0.25, 0.3) is 0 Å². The summed E-state index contributed by atoms with van der Waals surface area (Å²) in [7, 11) is 0. The molecule has 1 aliphatic heterocycles. The molecular weight excluding hydrogens is 306 g/mol. The van der Waals surface area contributed by atoms with Crippen LogP contribution in [0.1, 0.15) is 26.5 Å². The minimum absolute atomic E-state index is 0.0159. The van der Waals surface area contributed by atoms with Crippen LogP contribution in [0.15, 0.2) is 5.38 Å². The highest BCUT2D eigenvalue weighted by atomic mass is 32.2. The standard InChI is InChI=1S/C14H23N3O2S2/c1-14(2,3)21-10-12(18)16-13-15-11(9-20-13)8-17-4-6-19-7-5-17/h9H,4-8,10H2,1-3H3,(H,15,16,18). The number of anilines is 1. The number of amides is 1. The van der Waals surface area contributed by atoms with Gasteiger partial charge in [-0.05, 0) is 0 Å². The van der Waals surface area contributed by atoms with Gasteiger partial charge in [0.1, 0.15) is 0 Å². The highest BCUT2D eigenvalue weighted by Gasteiger charge is 2.15. The second kappa shape index (κ2) is 7.58. The monoisotopic (exact) mass is 329 g/mol. The van der Waals surface area contributed by atoms with Gasteiger partial charge >= 0.3 is 0 Å². The lowest BCUT2D eigenvalue weighted by Crippen LogP contribution is -2.35. The van der Waals surface area contributed by atoms with Crippen LogP contribution in [0, 0.1) is 0 Å². The molecular formula is C14H23N3O2S2. The quantitative estimate of drug-likeness (QED) is 0.899. The second-order valence-electron chi connectivity index (χ2n) is 5.98. The first kappa shape index (κ1) is 16.7. The number of hydrogen-bond donors (Lipinski definition) is 1. The number of hydrogen-bond acceptors (Lipinski definition) is 6. The van der Waals surface area contributed by atoms with Crippen LogP contribution in [-0.2, 0) is 16.1 Å². The van der Waals surface area contributed by atoms with E-state index in [4.69, 9.17) is 4.74 Å². The zero-order valence-corrected chi connectivity index (χ0v) is 14.5. The molecule has 118 valence electrons. The van der Waals surface area contributed by atoms with Crippen LogP contribution in [0.5, 0.6) is 0 Å². The first-order valence-corrected chi connectivity index (χ1v) is 8.97. The van der Waals surface area contributed by atoms with E-state index in [2.05, 4.69) is 36.0 Å². The minimum atomic E-state index is 0.0159. The molecule has 2 heterocycles. The van der Waals surface area contributed by atoms with E-state index in [-0.39, 0.29) is 10.7 Å². The number of thiazole rings is 1. The van der Waals surface area contributed by atoms with Gasteiger partial charge < -0.3 is 10.1 Å². The van der Waals surface area contributed by atoms with Crippen molar-refractivity contribution in [1.29, 1.82) is 0 Å². The third kappa shape index (κ3) is 6.34. The maximum atomic E-state index is 11.9. The first-order valence-electron chi connectivity index (χ1n) is 7.11. The Morgan fingerprint density at radius 3 is 2.86 bits per heavy atom. The maximum Gasteiger partial charge on any atom is 0.236 e. The first-order chi connectivity index (χ1) is 9.92. The molecule has 1 amide bonds. The van der Waals surface area contributed by atoms with Crippen molar-refractivity contribution in [2.75, 3.05) is 37.4 Å². The highest BCUT2D eigenvalue weighted by Crippen LogP contribution is 2.23. The van der Waals surface area contributed by atoms with Gasteiger partial charge in [-0.2, -0.15) is 0 Å². The molecule has 7 heteroatoms. The third-order valence-electron chi connectivity index (χ3n) is 2.92. The molecule has 0 atom stereocenters. The van der Waals surface area contributed by atoms with Gasteiger partial charge in [-0.15, -0.1) is 23.1 Å². The van der Waals surface area contributed by atoms with E-state index in [9.17, 15) is 4.79 Å². The van der Waals surface area contributed by atoms with Crippen molar-refractivity contribution >= 4 is 34.1 Å². The zero-order chi connectivity index (χ0) is 15.3. The molecule has 1 saturated heterocycles. The van der Waals surface area contributed by atoms with Crippen molar-refractivity contribution in [2.45, 2.75) is 32.1 Å². The minimum Gasteiger partial charge on any atom is -0.379 e. The van der Waals surface area contributed by atoms with Crippen molar-refractivity contribution in [3.05, 3.63) is 11.1 Å². The van der Waals surface area contributed by atoms with E-state index < -0.39 is 0 Å². The van der Waals surface area contributed by atoms with Crippen molar-refractivity contribution in [1.82, 2.24) is 9.88 Å². The van der Waals surface area contributed by atoms with E-state index in [1.165, 1.54) is 11.3 Å². The van der Waals surface area contributed by atoms with Gasteiger partial charge in [-0.3, -0.25) is 9.69 Å². The summed E-state index contributed by atoms with van der Waals surface area (Å²) in [5.41, 5.74) is 1.01. The van der Waals surface area contributed by atoms with Crippen LogP contribution in [-0.4, -0.2) is 52.6 Å². The summed E-state index contributed by atoms with van der Waals surface area (Å²) in [5, 5.41) is 5.58. The molecule has 1 aromatic heterocycles. The second-order valence-corrected chi connectivity index (χ2v) is 8.64. The Labute approximate surface area is 134 Å². The van der Waals surface area contributed by atoms with Gasteiger partial charge in [0.2, 0.25) is 5.91 Å². The molecule has 0 saturated carbocycles. The van der Waals surface area contributed by atoms with E-state index in [0.29, 0.717) is 10.9 Å². The van der Waals surface area contributed by atoms with Crippen LogP contribution in [0.2, 0.25) is 0 Å². The lowest BCUT2D eigenvalue weighted by Gasteiger charge is -2.25. The van der Waals surface area contributed by atoms with Crippen molar-refractivity contribution < 1.29 is 9.53 Å².